The van der Waals surface area contributed by atoms with Crippen molar-refractivity contribution in [2.45, 2.75) is 36.5 Å². The summed E-state index contributed by atoms with van der Waals surface area (Å²) in [6, 6.07) is 20.3. The van der Waals surface area contributed by atoms with Crippen LogP contribution in [0.5, 0.6) is 0 Å². The van der Waals surface area contributed by atoms with Crippen LogP contribution in [0, 0.1) is 6.92 Å². The fourth-order valence-corrected chi connectivity index (χ4v) is 4.88. The molecule has 2 heterocycles. The second-order valence-electron chi connectivity index (χ2n) is 7.66. The number of nitrogens with one attached hydrogen (secondary N) is 1. The van der Waals surface area contributed by atoms with Gasteiger partial charge < -0.3 is 10.2 Å². The molecule has 0 bridgehead atoms. The van der Waals surface area contributed by atoms with Gasteiger partial charge in [0.25, 0.3) is 5.91 Å². The van der Waals surface area contributed by atoms with Crippen LogP contribution in [0.2, 0.25) is 0 Å². The molecule has 0 unspecified atom stereocenters. The maximum Gasteiger partial charge on any atom is 0.253 e. The number of pyridine rings is 1. The van der Waals surface area contributed by atoms with Gasteiger partial charge in [0.2, 0.25) is 0 Å². The van der Waals surface area contributed by atoms with Crippen molar-refractivity contribution in [2.75, 3.05) is 18.4 Å². The van der Waals surface area contributed by atoms with E-state index in [1.54, 1.807) is 12.4 Å². The molecule has 1 amide bonds. The van der Waals surface area contributed by atoms with Crippen LogP contribution >= 0.6 is 11.8 Å². The highest BCUT2D eigenvalue weighted by molar-refractivity contribution is 8.00. The van der Waals surface area contributed by atoms with Crippen molar-refractivity contribution in [3.05, 3.63) is 89.7 Å². The number of carbonyl (C=O) groups is 1. The molecule has 1 aliphatic heterocycles. The number of likely N-dealkylation sites (tertiary alicyclic amines) is 1. The third-order valence-corrected chi connectivity index (χ3v) is 7.01. The standard InChI is InChI=1S/C25H27N3OS/c1-19-4-2-3-5-24(19)30-23-12-16-28(17-13-23)25(29)21-6-8-22(9-7-21)27-18-20-10-14-26-15-11-20/h2-11,14-15,23,27H,12-13,16-18H2,1H3. The maximum absolute atomic E-state index is 12.9. The molecule has 1 N–H and O–H groups in total. The van der Waals surface area contributed by atoms with Crippen molar-refractivity contribution >= 4 is 23.4 Å². The number of benzene rings is 2. The topological polar surface area (TPSA) is 45.2 Å². The first kappa shape index (κ1) is 20.5. The third kappa shape index (κ3) is 5.22. The molecule has 0 atom stereocenters. The summed E-state index contributed by atoms with van der Waals surface area (Å²) in [6.07, 6.45) is 5.66. The summed E-state index contributed by atoms with van der Waals surface area (Å²) in [4.78, 5) is 20.3. The Morgan fingerprint density at radius 3 is 2.43 bits per heavy atom. The van der Waals surface area contributed by atoms with E-state index in [9.17, 15) is 4.79 Å². The molecule has 1 aromatic heterocycles. The largest absolute Gasteiger partial charge is 0.381 e. The normalized spacial score (nSPS) is 14.5. The van der Waals surface area contributed by atoms with Gasteiger partial charge in [0.15, 0.2) is 0 Å². The van der Waals surface area contributed by atoms with Gasteiger partial charge in [0, 0.05) is 53.4 Å². The molecule has 4 nitrogen and oxygen atoms in total. The van der Waals surface area contributed by atoms with Crippen molar-refractivity contribution in [2.24, 2.45) is 0 Å². The van der Waals surface area contributed by atoms with Crippen LogP contribution in [-0.2, 0) is 6.54 Å². The molecule has 0 spiro atoms. The summed E-state index contributed by atoms with van der Waals surface area (Å²) >= 11 is 1.96. The van der Waals surface area contributed by atoms with Crippen LogP contribution in [0.1, 0.15) is 34.3 Å². The molecule has 0 saturated carbocycles. The lowest BCUT2D eigenvalue weighted by molar-refractivity contribution is 0.0727. The number of amides is 1. The number of thioether (sulfide) groups is 1. The minimum Gasteiger partial charge on any atom is -0.381 e. The summed E-state index contributed by atoms with van der Waals surface area (Å²) in [6.45, 7) is 4.55. The fraction of sp³-hybridized carbons (Fsp3) is 0.280. The van der Waals surface area contributed by atoms with E-state index in [1.807, 2.05) is 53.1 Å². The Morgan fingerprint density at radius 1 is 1.03 bits per heavy atom. The zero-order valence-corrected chi connectivity index (χ0v) is 18.1. The second-order valence-corrected chi connectivity index (χ2v) is 9.00. The number of piperidine rings is 1. The van der Waals surface area contributed by atoms with Gasteiger partial charge in [-0.2, -0.15) is 0 Å². The van der Waals surface area contributed by atoms with E-state index in [4.69, 9.17) is 0 Å². The molecule has 30 heavy (non-hydrogen) atoms. The Bertz CT molecular complexity index is 967. The Kier molecular flexibility index (Phi) is 6.70. The van der Waals surface area contributed by atoms with Crippen LogP contribution < -0.4 is 5.32 Å². The summed E-state index contributed by atoms with van der Waals surface area (Å²) in [5, 5.41) is 3.96. The lowest BCUT2D eigenvalue weighted by Crippen LogP contribution is -2.39. The molecule has 0 aliphatic carbocycles. The van der Waals surface area contributed by atoms with Gasteiger partial charge in [-0.05, 0) is 73.4 Å². The zero-order valence-electron chi connectivity index (χ0n) is 17.3. The average Bonchev–Trinajstić information content (AvgIpc) is 2.80. The number of hydrogen-bond acceptors (Lipinski definition) is 4. The Balaban J connectivity index is 1.28. The number of hydrogen-bond donors (Lipinski definition) is 1. The minimum absolute atomic E-state index is 0.134. The van der Waals surface area contributed by atoms with E-state index >= 15 is 0 Å². The number of aryl methyl sites for hydroxylation is 1. The molecule has 3 aromatic rings. The molecule has 2 aromatic carbocycles. The SMILES string of the molecule is Cc1ccccc1SC1CCN(C(=O)c2ccc(NCc3ccncc3)cc2)CC1. The maximum atomic E-state index is 12.9. The van der Waals surface area contributed by atoms with Crippen LogP contribution in [0.15, 0.2) is 78.0 Å². The number of anilines is 1. The van der Waals surface area contributed by atoms with Crippen LogP contribution in [0.25, 0.3) is 0 Å². The van der Waals surface area contributed by atoms with E-state index in [1.165, 1.54) is 16.0 Å². The Labute approximate surface area is 182 Å². The first-order valence-corrected chi connectivity index (χ1v) is 11.3. The predicted octanol–water partition coefficient (Wildman–Crippen LogP) is 5.40. The van der Waals surface area contributed by atoms with Crippen LogP contribution in [-0.4, -0.2) is 34.1 Å². The zero-order chi connectivity index (χ0) is 20.8. The first-order valence-electron chi connectivity index (χ1n) is 10.4. The number of nitrogens with zero attached hydrogens (tertiary/aromatic N) is 2. The molecule has 4 rings (SSSR count). The average molecular weight is 418 g/mol. The van der Waals surface area contributed by atoms with Gasteiger partial charge in [-0.1, -0.05) is 18.2 Å². The van der Waals surface area contributed by atoms with E-state index in [0.717, 1.165) is 43.7 Å². The van der Waals surface area contributed by atoms with Crippen molar-refractivity contribution in [1.82, 2.24) is 9.88 Å². The third-order valence-electron chi connectivity index (χ3n) is 5.49. The molecule has 5 heteroatoms. The van der Waals surface area contributed by atoms with Gasteiger partial charge in [-0.3, -0.25) is 9.78 Å². The summed E-state index contributed by atoms with van der Waals surface area (Å²) in [7, 11) is 0. The smallest absolute Gasteiger partial charge is 0.253 e. The van der Waals surface area contributed by atoms with Gasteiger partial charge in [0.1, 0.15) is 0 Å². The van der Waals surface area contributed by atoms with Gasteiger partial charge >= 0.3 is 0 Å². The highest BCUT2D eigenvalue weighted by atomic mass is 32.2. The van der Waals surface area contributed by atoms with E-state index in [2.05, 4.69) is 41.5 Å². The quantitative estimate of drug-likeness (QED) is 0.583. The van der Waals surface area contributed by atoms with Crippen molar-refractivity contribution in [1.29, 1.82) is 0 Å². The molecular weight excluding hydrogens is 390 g/mol. The predicted molar refractivity (Wildman–Crippen MR) is 124 cm³/mol. The van der Waals surface area contributed by atoms with E-state index < -0.39 is 0 Å². The minimum atomic E-state index is 0.134. The highest BCUT2D eigenvalue weighted by Crippen LogP contribution is 2.32. The second kappa shape index (κ2) is 9.81. The van der Waals surface area contributed by atoms with Crippen LogP contribution in [0.3, 0.4) is 0 Å². The highest BCUT2D eigenvalue weighted by Gasteiger charge is 2.24. The molecular formula is C25H27N3OS. The van der Waals surface area contributed by atoms with Gasteiger partial charge in [-0.15, -0.1) is 11.8 Å². The fourth-order valence-electron chi connectivity index (χ4n) is 3.66. The summed E-state index contributed by atoms with van der Waals surface area (Å²) < 4.78 is 0. The lowest BCUT2D eigenvalue weighted by atomic mass is 10.1. The molecule has 1 fully saturated rings. The number of rotatable bonds is 6. The molecule has 1 saturated heterocycles. The summed E-state index contributed by atoms with van der Waals surface area (Å²) in [5.74, 6) is 0.134. The van der Waals surface area contributed by atoms with E-state index in [0.29, 0.717) is 5.25 Å². The van der Waals surface area contributed by atoms with Gasteiger partial charge in [0.05, 0.1) is 0 Å². The molecule has 154 valence electrons. The Hall–Kier alpha value is -2.79. The lowest BCUT2D eigenvalue weighted by Gasteiger charge is -2.32. The molecule has 1 aliphatic rings. The van der Waals surface area contributed by atoms with E-state index in [-0.39, 0.29) is 5.91 Å². The first-order chi connectivity index (χ1) is 14.7. The van der Waals surface area contributed by atoms with Crippen molar-refractivity contribution in [3.8, 4) is 0 Å². The monoisotopic (exact) mass is 417 g/mol. The van der Waals surface area contributed by atoms with Gasteiger partial charge in [-0.25, -0.2) is 0 Å². The Morgan fingerprint density at radius 2 is 1.73 bits per heavy atom. The number of carbonyl (C=O) groups excluding carboxylic acids is 1. The van der Waals surface area contributed by atoms with Crippen LogP contribution in [0.4, 0.5) is 5.69 Å². The molecule has 0 radical (unpaired) electrons. The van der Waals surface area contributed by atoms with Crippen molar-refractivity contribution < 1.29 is 4.79 Å². The summed E-state index contributed by atoms with van der Waals surface area (Å²) in [5.41, 5.74) is 4.28. The van der Waals surface area contributed by atoms with Crippen molar-refractivity contribution in [3.63, 3.8) is 0 Å². The number of aromatic nitrogens is 1.